The molecule has 0 spiro atoms. The number of rotatable bonds is 5. The highest BCUT2D eigenvalue weighted by atomic mass is 15.2. The van der Waals surface area contributed by atoms with E-state index in [1.807, 2.05) is 0 Å². The van der Waals surface area contributed by atoms with Gasteiger partial charge in [0.2, 0.25) is 0 Å². The van der Waals surface area contributed by atoms with Crippen molar-refractivity contribution in [2.24, 2.45) is 5.92 Å². The maximum atomic E-state index is 3.55. The second-order valence-corrected chi connectivity index (χ2v) is 5.19. The van der Waals surface area contributed by atoms with Crippen molar-refractivity contribution in [3.63, 3.8) is 0 Å². The van der Waals surface area contributed by atoms with Crippen molar-refractivity contribution in [1.29, 1.82) is 0 Å². The van der Waals surface area contributed by atoms with Gasteiger partial charge in [0.05, 0.1) is 0 Å². The van der Waals surface area contributed by atoms with Crippen LogP contribution >= 0.6 is 0 Å². The van der Waals surface area contributed by atoms with Crippen LogP contribution in [0, 0.1) is 5.92 Å². The first-order valence-corrected chi connectivity index (χ1v) is 7.02. The molecule has 3 heteroatoms. The third kappa shape index (κ3) is 2.76. The lowest BCUT2D eigenvalue weighted by atomic mass is 9.92. The van der Waals surface area contributed by atoms with Crippen molar-refractivity contribution in [3.8, 4) is 0 Å². The number of nitrogens with one attached hydrogen (secondary N) is 1. The molecule has 2 rings (SSSR count). The minimum absolute atomic E-state index is 0.837. The fourth-order valence-corrected chi connectivity index (χ4v) is 3.25. The fraction of sp³-hybridized carbons (Fsp3) is 1.00. The number of hydrogen-bond acceptors (Lipinski definition) is 3. The quantitative estimate of drug-likeness (QED) is 0.753. The van der Waals surface area contributed by atoms with E-state index in [1.54, 1.807) is 0 Å². The van der Waals surface area contributed by atoms with Crippen LogP contribution in [0.5, 0.6) is 0 Å². The van der Waals surface area contributed by atoms with Crippen LogP contribution in [0.4, 0.5) is 0 Å². The van der Waals surface area contributed by atoms with Gasteiger partial charge in [-0.3, -0.25) is 4.90 Å². The summed E-state index contributed by atoms with van der Waals surface area (Å²) >= 11 is 0. The average Bonchev–Trinajstić information content (AvgIpc) is 2.79. The zero-order chi connectivity index (χ0) is 11.4. The molecule has 2 atom stereocenters. The molecule has 0 aromatic heterocycles. The summed E-state index contributed by atoms with van der Waals surface area (Å²) in [6.45, 7) is 13.2. The van der Waals surface area contributed by atoms with E-state index >= 15 is 0 Å². The van der Waals surface area contributed by atoms with E-state index in [0.29, 0.717) is 0 Å². The summed E-state index contributed by atoms with van der Waals surface area (Å²) in [5, 5.41) is 3.55. The highest BCUT2D eigenvalue weighted by Crippen LogP contribution is 2.25. The molecule has 0 bridgehead atoms. The Morgan fingerprint density at radius 2 is 2.06 bits per heavy atom. The summed E-state index contributed by atoms with van der Waals surface area (Å²) in [7, 11) is 0. The summed E-state index contributed by atoms with van der Waals surface area (Å²) in [5.41, 5.74) is 0. The van der Waals surface area contributed by atoms with E-state index in [-0.39, 0.29) is 0 Å². The van der Waals surface area contributed by atoms with Gasteiger partial charge in [-0.05, 0) is 44.9 Å². The lowest BCUT2D eigenvalue weighted by Gasteiger charge is -2.38. The molecule has 2 unspecified atom stereocenters. The molecule has 0 saturated carbocycles. The van der Waals surface area contributed by atoms with Gasteiger partial charge in [0, 0.05) is 25.7 Å². The Kier molecular flexibility index (Phi) is 4.62. The van der Waals surface area contributed by atoms with Gasteiger partial charge in [-0.25, -0.2) is 0 Å². The third-order valence-corrected chi connectivity index (χ3v) is 4.39. The van der Waals surface area contributed by atoms with Crippen molar-refractivity contribution in [3.05, 3.63) is 0 Å². The standard InChI is InChI=1S/C13H27N3/c1-3-15(4-2)8-9-16-7-5-6-12-10-14-11-13(12)16/h12-14H,3-11H2,1-2H3. The van der Waals surface area contributed by atoms with Crippen LogP contribution in [0.3, 0.4) is 0 Å². The topological polar surface area (TPSA) is 18.5 Å². The van der Waals surface area contributed by atoms with E-state index in [1.165, 1.54) is 58.7 Å². The van der Waals surface area contributed by atoms with Gasteiger partial charge >= 0.3 is 0 Å². The molecule has 0 radical (unpaired) electrons. The second kappa shape index (κ2) is 5.99. The van der Waals surface area contributed by atoms with Gasteiger partial charge in [0.25, 0.3) is 0 Å². The predicted octanol–water partition coefficient (Wildman–Crippen LogP) is 1.01. The van der Waals surface area contributed by atoms with Crippen LogP contribution in [-0.4, -0.2) is 61.7 Å². The molecule has 0 aliphatic carbocycles. The van der Waals surface area contributed by atoms with Crippen molar-refractivity contribution < 1.29 is 0 Å². The number of fused-ring (bicyclic) bond motifs is 1. The second-order valence-electron chi connectivity index (χ2n) is 5.19. The first kappa shape index (κ1) is 12.3. The maximum Gasteiger partial charge on any atom is 0.0261 e. The molecule has 2 heterocycles. The Bertz CT molecular complexity index is 203. The summed E-state index contributed by atoms with van der Waals surface area (Å²) < 4.78 is 0. The van der Waals surface area contributed by atoms with Crippen LogP contribution in [0.2, 0.25) is 0 Å². The first-order chi connectivity index (χ1) is 7.85. The number of hydrogen-bond donors (Lipinski definition) is 1. The van der Waals surface area contributed by atoms with Crippen molar-refractivity contribution in [1.82, 2.24) is 15.1 Å². The van der Waals surface area contributed by atoms with E-state index in [9.17, 15) is 0 Å². The minimum Gasteiger partial charge on any atom is -0.315 e. The molecular formula is C13H27N3. The zero-order valence-corrected chi connectivity index (χ0v) is 10.9. The molecule has 3 nitrogen and oxygen atoms in total. The summed E-state index contributed by atoms with van der Waals surface area (Å²) in [5.74, 6) is 0.936. The number of piperidine rings is 1. The molecule has 2 fully saturated rings. The summed E-state index contributed by atoms with van der Waals surface area (Å²) in [6.07, 6.45) is 2.85. The zero-order valence-electron chi connectivity index (χ0n) is 10.9. The van der Waals surface area contributed by atoms with Gasteiger partial charge < -0.3 is 10.2 Å². The summed E-state index contributed by atoms with van der Waals surface area (Å²) in [6, 6.07) is 0.837. The summed E-state index contributed by atoms with van der Waals surface area (Å²) in [4.78, 5) is 5.26. The molecule has 1 N–H and O–H groups in total. The number of likely N-dealkylation sites (tertiary alicyclic amines) is 1. The van der Waals surface area contributed by atoms with E-state index in [4.69, 9.17) is 0 Å². The van der Waals surface area contributed by atoms with Gasteiger partial charge in [0.15, 0.2) is 0 Å². The van der Waals surface area contributed by atoms with Crippen LogP contribution in [0.15, 0.2) is 0 Å². The molecule has 94 valence electrons. The Hall–Kier alpha value is -0.120. The molecule has 16 heavy (non-hydrogen) atoms. The van der Waals surface area contributed by atoms with Crippen LogP contribution in [0.25, 0.3) is 0 Å². The molecular weight excluding hydrogens is 198 g/mol. The van der Waals surface area contributed by atoms with Crippen LogP contribution in [-0.2, 0) is 0 Å². The molecule has 2 aliphatic heterocycles. The average molecular weight is 225 g/mol. The van der Waals surface area contributed by atoms with E-state index in [2.05, 4.69) is 29.0 Å². The van der Waals surface area contributed by atoms with Crippen LogP contribution < -0.4 is 5.32 Å². The van der Waals surface area contributed by atoms with Crippen molar-refractivity contribution in [2.45, 2.75) is 32.7 Å². The Balaban J connectivity index is 1.79. The molecule has 0 aromatic rings. The SMILES string of the molecule is CCN(CC)CCN1CCCC2CNCC21. The molecule has 2 aliphatic rings. The highest BCUT2D eigenvalue weighted by molar-refractivity contribution is 4.92. The van der Waals surface area contributed by atoms with Crippen molar-refractivity contribution >= 4 is 0 Å². The largest absolute Gasteiger partial charge is 0.315 e. The Morgan fingerprint density at radius 3 is 2.81 bits per heavy atom. The minimum atomic E-state index is 0.837. The van der Waals surface area contributed by atoms with E-state index in [0.717, 1.165) is 12.0 Å². The van der Waals surface area contributed by atoms with Gasteiger partial charge in [-0.15, -0.1) is 0 Å². The van der Waals surface area contributed by atoms with Gasteiger partial charge in [0.1, 0.15) is 0 Å². The number of likely N-dealkylation sites (N-methyl/N-ethyl adjacent to an activating group) is 1. The lowest BCUT2D eigenvalue weighted by Crippen LogP contribution is -2.48. The lowest BCUT2D eigenvalue weighted by molar-refractivity contribution is 0.109. The molecule has 0 amide bonds. The Morgan fingerprint density at radius 1 is 1.25 bits per heavy atom. The first-order valence-electron chi connectivity index (χ1n) is 7.02. The van der Waals surface area contributed by atoms with Crippen LogP contribution in [0.1, 0.15) is 26.7 Å². The molecule has 2 saturated heterocycles. The van der Waals surface area contributed by atoms with Gasteiger partial charge in [-0.1, -0.05) is 13.8 Å². The highest BCUT2D eigenvalue weighted by Gasteiger charge is 2.34. The van der Waals surface area contributed by atoms with E-state index < -0.39 is 0 Å². The monoisotopic (exact) mass is 225 g/mol. The third-order valence-electron chi connectivity index (χ3n) is 4.39. The fourth-order valence-electron chi connectivity index (χ4n) is 3.25. The normalized spacial score (nSPS) is 30.9. The smallest absolute Gasteiger partial charge is 0.0261 e. The van der Waals surface area contributed by atoms with Crippen molar-refractivity contribution in [2.75, 3.05) is 45.8 Å². The molecule has 0 aromatic carbocycles. The van der Waals surface area contributed by atoms with Gasteiger partial charge in [-0.2, -0.15) is 0 Å². The Labute approximate surface area is 100 Å². The predicted molar refractivity (Wildman–Crippen MR) is 68.7 cm³/mol. The maximum absolute atomic E-state index is 3.55. The number of nitrogens with zero attached hydrogens (tertiary/aromatic N) is 2.